The van der Waals surface area contributed by atoms with Gasteiger partial charge < -0.3 is 10.2 Å². The molecule has 1 heterocycles. The molecule has 7 nitrogen and oxygen atoms in total. The van der Waals surface area contributed by atoms with E-state index in [1.807, 2.05) is 24.3 Å². The Morgan fingerprint density at radius 3 is 2.72 bits per heavy atom. The zero-order valence-corrected chi connectivity index (χ0v) is 13.6. The predicted molar refractivity (Wildman–Crippen MR) is 92.5 cm³/mol. The van der Waals surface area contributed by atoms with Crippen molar-refractivity contribution in [3.05, 3.63) is 69.8 Å². The third kappa shape index (κ3) is 3.35. The zero-order chi connectivity index (χ0) is 18.0. The lowest BCUT2D eigenvalue weighted by molar-refractivity contribution is -0.384. The van der Waals surface area contributed by atoms with Crippen molar-refractivity contribution in [2.45, 2.75) is 19.4 Å². The van der Waals surface area contributed by atoms with Gasteiger partial charge in [-0.2, -0.15) is 0 Å². The van der Waals surface area contributed by atoms with Gasteiger partial charge in [-0.15, -0.1) is 0 Å². The van der Waals surface area contributed by atoms with Crippen molar-refractivity contribution in [2.24, 2.45) is 0 Å². The molecule has 0 fully saturated rings. The Kier molecular flexibility index (Phi) is 4.47. The minimum Gasteiger partial charge on any atom is -0.341 e. The molecule has 1 aliphatic rings. The van der Waals surface area contributed by atoms with Crippen LogP contribution in [0.3, 0.4) is 0 Å². The third-order valence-corrected chi connectivity index (χ3v) is 4.19. The highest BCUT2D eigenvalue weighted by Gasteiger charge is 2.28. The fraction of sp³-hybridized carbons (Fsp3) is 0.222. The van der Waals surface area contributed by atoms with E-state index in [9.17, 15) is 19.7 Å². The maximum absolute atomic E-state index is 12.7. The van der Waals surface area contributed by atoms with Crippen LogP contribution in [0.5, 0.6) is 0 Å². The number of nitrogens with one attached hydrogen (secondary N) is 1. The van der Waals surface area contributed by atoms with Gasteiger partial charge in [0.25, 0.3) is 11.6 Å². The highest BCUT2D eigenvalue weighted by Crippen LogP contribution is 2.27. The Bertz CT molecular complexity index is 850. The Hall–Kier alpha value is -3.22. The van der Waals surface area contributed by atoms with Crippen molar-refractivity contribution < 1.29 is 14.5 Å². The summed E-state index contributed by atoms with van der Waals surface area (Å²) in [5.41, 5.74) is 1.95. The number of fused-ring (bicyclic) bond motifs is 1. The summed E-state index contributed by atoms with van der Waals surface area (Å²) in [6, 6.07) is 12.4. The number of rotatable bonds is 4. The number of hydrogen-bond donors (Lipinski definition) is 1. The molecule has 128 valence electrons. The number of anilines is 1. The Balaban J connectivity index is 1.71. The second kappa shape index (κ2) is 6.72. The largest absolute Gasteiger partial charge is 0.341 e. The molecular weight excluding hydrogens is 322 g/mol. The van der Waals surface area contributed by atoms with Crippen LogP contribution in [0, 0.1) is 10.1 Å². The van der Waals surface area contributed by atoms with Crippen LogP contribution < -0.4 is 10.2 Å². The molecule has 0 aliphatic carbocycles. The summed E-state index contributed by atoms with van der Waals surface area (Å²) in [5.74, 6) is -0.722. The quantitative estimate of drug-likeness (QED) is 0.683. The molecule has 7 heteroatoms. The lowest BCUT2D eigenvalue weighted by atomic mass is 10.1. The maximum atomic E-state index is 12.7. The fourth-order valence-electron chi connectivity index (χ4n) is 2.90. The molecule has 2 aromatic carbocycles. The molecule has 0 spiro atoms. The minimum absolute atomic E-state index is 0.149. The molecule has 0 bridgehead atoms. The van der Waals surface area contributed by atoms with Gasteiger partial charge in [-0.3, -0.25) is 19.7 Å². The molecule has 2 aromatic rings. The number of para-hydroxylation sites is 1. The first-order valence-corrected chi connectivity index (χ1v) is 7.92. The van der Waals surface area contributed by atoms with E-state index in [2.05, 4.69) is 5.32 Å². The number of non-ortho nitro benzene ring substituents is 1. The molecule has 1 unspecified atom stereocenters. The molecule has 0 aromatic heterocycles. The number of amides is 2. The highest BCUT2D eigenvalue weighted by atomic mass is 16.6. The van der Waals surface area contributed by atoms with E-state index >= 15 is 0 Å². The molecule has 3 rings (SSSR count). The number of carbonyl (C=O) groups excluding carboxylic acids is 2. The zero-order valence-electron chi connectivity index (χ0n) is 13.6. The van der Waals surface area contributed by atoms with Crippen LogP contribution in [-0.4, -0.2) is 29.3 Å². The molecular formula is C18H17N3O4. The van der Waals surface area contributed by atoms with E-state index < -0.39 is 16.9 Å². The van der Waals surface area contributed by atoms with Crippen LogP contribution in [0.1, 0.15) is 22.8 Å². The van der Waals surface area contributed by atoms with E-state index in [1.54, 1.807) is 11.8 Å². The van der Waals surface area contributed by atoms with Crippen LogP contribution in [0.25, 0.3) is 0 Å². The number of nitro benzene ring substituents is 1. The highest BCUT2D eigenvalue weighted by molar-refractivity contribution is 6.03. The van der Waals surface area contributed by atoms with Gasteiger partial charge in [0.2, 0.25) is 5.91 Å². The minimum atomic E-state index is -0.738. The Labute approximate surface area is 144 Å². The van der Waals surface area contributed by atoms with E-state index in [0.717, 1.165) is 17.7 Å². The van der Waals surface area contributed by atoms with Crippen molar-refractivity contribution in [1.82, 2.24) is 5.32 Å². The van der Waals surface area contributed by atoms with Crippen LogP contribution >= 0.6 is 0 Å². The maximum Gasteiger partial charge on any atom is 0.270 e. The van der Waals surface area contributed by atoms with E-state index in [4.69, 9.17) is 0 Å². The predicted octanol–water partition coefficient (Wildman–Crippen LogP) is 2.30. The third-order valence-electron chi connectivity index (χ3n) is 4.19. The molecule has 1 aliphatic heterocycles. The summed E-state index contributed by atoms with van der Waals surface area (Å²) in [7, 11) is 0. The van der Waals surface area contributed by atoms with Crippen LogP contribution in [0.4, 0.5) is 11.4 Å². The van der Waals surface area contributed by atoms with Crippen molar-refractivity contribution >= 4 is 23.2 Å². The van der Waals surface area contributed by atoms with Gasteiger partial charge in [0.05, 0.1) is 4.92 Å². The summed E-state index contributed by atoms with van der Waals surface area (Å²) < 4.78 is 0. The van der Waals surface area contributed by atoms with Gasteiger partial charge in [-0.05, 0) is 31.0 Å². The van der Waals surface area contributed by atoms with Gasteiger partial charge in [0, 0.05) is 29.9 Å². The number of hydrogen-bond acceptors (Lipinski definition) is 4. The first-order valence-electron chi connectivity index (χ1n) is 7.92. The number of nitrogens with zero attached hydrogens (tertiary/aromatic N) is 2. The second-order valence-electron chi connectivity index (χ2n) is 5.87. The van der Waals surface area contributed by atoms with Crippen molar-refractivity contribution in [1.29, 1.82) is 0 Å². The van der Waals surface area contributed by atoms with Gasteiger partial charge >= 0.3 is 0 Å². The first kappa shape index (κ1) is 16.6. The second-order valence-corrected chi connectivity index (χ2v) is 5.87. The summed E-state index contributed by atoms with van der Waals surface area (Å²) >= 11 is 0. The number of carbonyl (C=O) groups is 2. The van der Waals surface area contributed by atoms with Gasteiger partial charge in [-0.1, -0.05) is 24.3 Å². The number of benzene rings is 2. The van der Waals surface area contributed by atoms with Crippen molar-refractivity contribution in [3.8, 4) is 0 Å². The number of nitro groups is 1. The average Bonchev–Trinajstić information content (AvgIpc) is 3.05. The molecule has 1 atom stereocenters. The van der Waals surface area contributed by atoms with Crippen LogP contribution in [0.2, 0.25) is 0 Å². The molecule has 25 heavy (non-hydrogen) atoms. The van der Waals surface area contributed by atoms with Gasteiger partial charge in [0.1, 0.15) is 6.04 Å². The summed E-state index contributed by atoms with van der Waals surface area (Å²) in [6.45, 7) is 2.19. The lowest BCUT2D eigenvalue weighted by Crippen LogP contribution is -2.46. The topological polar surface area (TPSA) is 92.5 Å². The molecule has 0 saturated carbocycles. The van der Waals surface area contributed by atoms with Crippen LogP contribution in [0.15, 0.2) is 48.5 Å². The van der Waals surface area contributed by atoms with Crippen LogP contribution in [-0.2, 0) is 11.2 Å². The SMILES string of the molecule is CC(NC(=O)c1cccc([N+](=O)[O-])c1)C(=O)N1CCc2ccccc21. The normalized spacial score (nSPS) is 13.9. The van der Waals surface area contributed by atoms with Crippen molar-refractivity contribution in [2.75, 3.05) is 11.4 Å². The monoisotopic (exact) mass is 339 g/mol. The van der Waals surface area contributed by atoms with E-state index in [0.29, 0.717) is 6.54 Å². The summed E-state index contributed by atoms with van der Waals surface area (Å²) in [6.07, 6.45) is 0.785. The standard InChI is InChI=1S/C18H17N3O4/c1-12(18(23)20-10-9-13-5-2-3-8-16(13)20)19-17(22)14-6-4-7-15(11-14)21(24)25/h2-8,11-12H,9-10H2,1H3,(H,19,22). The molecule has 0 radical (unpaired) electrons. The molecule has 2 amide bonds. The Morgan fingerprint density at radius 1 is 1.20 bits per heavy atom. The molecule has 1 N–H and O–H groups in total. The smallest absolute Gasteiger partial charge is 0.270 e. The first-order chi connectivity index (χ1) is 12.0. The van der Waals surface area contributed by atoms with E-state index in [1.165, 1.54) is 24.3 Å². The summed E-state index contributed by atoms with van der Waals surface area (Å²) in [5, 5.41) is 13.4. The Morgan fingerprint density at radius 2 is 1.96 bits per heavy atom. The van der Waals surface area contributed by atoms with Gasteiger partial charge in [-0.25, -0.2) is 0 Å². The van der Waals surface area contributed by atoms with Gasteiger partial charge in [0.15, 0.2) is 0 Å². The average molecular weight is 339 g/mol. The molecule has 0 saturated heterocycles. The van der Waals surface area contributed by atoms with Crippen molar-refractivity contribution in [3.63, 3.8) is 0 Å². The lowest BCUT2D eigenvalue weighted by Gasteiger charge is -2.22. The fourth-order valence-corrected chi connectivity index (χ4v) is 2.90. The van der Waals surface area contributed by atoms with E-state index in [-0.39, 0.29) is 17.2 Å². The summed E-state index contributed by atoms with van der Waals surface area (Å²) in [4.78, 5) is 36.9.